The Labute approximate surface area is 237 Å². The van der Waals surface area contributed by atoms with Gasteiger partial charge in [-0.25, -0.2) is 0 Å². The van der Waals surface area contributed by atoms with Crippen LogP contribution in [0.3, 0.4) is 0 Å². The van der Waals surface area contributed by atoms with Gasteiger partial charge in [0.15, 0.2) is 0 Å². The predicted octanol–water partition coefficient (Wildman–Crippen LogP) is 9.30. The van der Waals surface area contributed by atoms with Crippen LogP contribution < -0.4 is 5.73 Å². The molecule has 0 amide bonds. The maximum atomic E-state index is 9.57. The second kappa shape index (κ2) is 17.2. The number of hydrogen-bond acceptors (Lipinski definition) is 3. The fourth-order valence-electron chi connectivity index (χ4n) is 4.33. The molecule has 0 aliphatic heterocycles. The lowest BCUT2D eigenvalue weighted by Crippen LogP contribution is -2.06. The van der Waals surface area contributed by atoms with Crippen molar-refractivity contribution in [1.82, 2.24) is 0 Å². The van der Waals surface area contributed by atoms with E-state index in [0.29, 0.717) is 24.4 Å². The van der Waals surface area contributed by atoms with Gasteiger partial charge in [0.05, 0.1) is 17.3 Å². The van der Waals surface area contributed by atoms with Gasteiger partial charge in [0, 0.05) is 5.71 Å². The fraction of sp³-hybridized carbons (Fsp3) is 0.389. The van der Waals surface area contributed by atoms with Gasteiger partial charge in [-0.1, -0.05) is 88.8 Å². The van der Waals surface area contributed by atoms with Crippen LogP contribution in [0.2, 0.25) is 0 Å². The highest BCUT2D eigenvalue weighted by atomic mass is 14.8. The molecule has 3 nitrogen and oxygen atoms in total. The first-order valence-electron chi connectivity index (χ1n) is 14.4. The number of nitrogens with zero attached hydrogens (tertiary/aromatic N) is 2. The summed E-state index contributed by atoms with van der Waals surface area (Å²) < 4.78 is 0. The van der Waals surface area contributed by atoms with Crippen LogP contribution >= 0.6 is 0 Å². The summed E-state index contributed by atoms with van der Waals surface area (Å²) >= 11 is 0. The number of benzene rings is 2. The number of nitriles is 1. The Bertz CT molecular complexity index is 1230. The third kappa shape index (κ3) is 10.7. The van der Waals surface area contributed by atoms with E-state index >= 15 is 0 Å². The monoisotopic (exact) mass is 521 g/mol. The van der Waals surface area contributed by atoms with Crippen LogP contribution in [0.5, 0.6) is 0 Å². The molecule has 0 fully saturated rings. The number of aliphatic imine (C=N–C) groups is 1. The van der Waals surface area contributed by atoms with Gasteiger partial charge >= 0.3 is 0 Å². The highest BCUT2D eigenvalue weighted by molar-refractivity contribution is 5.85. The summed E-state index contributed by atoms with van der Waals surface area (Å²) in [5, 5.41) is 9.57. The van der Waals surface area contributed by atoms with E-state index in [9.17, 15) is 5.26 Å². The van der Waals surface area contributed by atoms with Crippen molar-refractivity contribution in [1.29, 1.82) is 5.26 Å². The molecule has 39 heavy (non-hydrogen) atoms. The first-order valence-corrected chi connectivity index (χ1v) is 14.4. The smallest absolute Gasteiger partial charge is 0.0991 e. The van der Waals surface area contributed by atoms with Gasteiger partial charge in [0.2, 0.25) is 0 Å². The lowest BCUT2D eigenvalue weighted by Gasteiger charge is -2.13. The predicted molar refractivity (Wildman–Crippen MR) is 170 cm³/mol. The Kier molecular flexibility index (Phi) is 14.0. The summed E-state index contributed by atoms with van der Waals surface area (Å²) in [6, 6.07) is 16.7. The van der Waals surface area contributed by atoms with Gasteiger partial charge in [0.25, 0.3) is 0 Å². The molecule has 1 atom stereocenters. The molecule has 2 aromatic carbocycles. The molecule has 0 aromatic heterocycles. The van der Waals surface area contributed by atoms with Crippen molar-refractivity contribution in [2.75, 3.05) is 6.54 Å². The van der Waals surface area contributed by atoms with E-state index in [2.05, 4.69) is 95.8 Å². The van der Waals surface area contributed by atoms with Crippen LogP contribution in [0.15, 0.2) is 95.2 Å². The van der Waals surface area contributed by atoms with E-state index in [-0.39, 0.29) is 0 Å². The molecule has 0 saturated heterocycles. The largest absolute Gasteiger partial charge is 0.330 e. The summed E-state index contributed by atoms with van der Waals surface area (Å²) in [5.41, 5.74) is 15.1. The van der Waals surface area contributed by atoms with Crippen LogP contribution in [0.25, 0.3) is 11.1 Å². The van der Waals surface area contributed by atoms with Crippen LogP contribution in [0.1, 0.15) is 83.4 Å². The van der Waals surface area contributed by atoms with Crippen LogP contribution in [-0.4, -0.2) is 12.3 Å². The maximum Gasteiger partial charge on any atom is 0.0991 e. The molecule has 1 unspecified atom stereocenters. The highest BCUT2D eigenvalue weighted by Crippen LogP contribution is 2.28. The van der Waals surface area contributed by atoms with E-state index < -0.39 is 0 Å². The molecular formula is C36H47N3. The van der Waals surface area contributed by atoms with Gasteiger partial charge in [-0.05, 0) is 110 Å². The molecule has 0 aliphatic rings. The number of rotatable bonds is 15. The molecule has 0 bridgehead atoms. The minimum atomic E-state index is 0.417. The Morgan fingerprint density at radius 3 is 2.49 bits per heavy atom. The van der Waals surface area contributed by atoms with Gasteiger partial charge in [-0.3, -0.25) is 4.99 Å². The molecule has 206 valence electrons. The Morgan fingerprint density at radius 1 is 1.10 bits per heavy atom. The minimum Gasteiger partial charge on any atom is -0.330 e. The molecule has 0 aliphatic carbocycles. The third-order valence-electron chi connectivity index (χ3n) is 7.17. The summed E-state index contributed by atoms with van der Waals surface area (Å²) in [6.07, 6.45) is 16.0. The fourth-order valence-corrected chi connectivity index (χ4v) is 4.33. The molecule has 0 heterocycles. The summed E-state index contributed by atoms with van der Waals surface area (Å²) in [6.45, 7) is 15.9. The average Bonchev–Trinajstić information content (AvgIpc) is 2.94. The summed E-state index contributed by atoms with van der Waals surface area (Å²) in [5.74, 6) is 0.417. The van der Waals surface area contributed by atoms with Crippen molar-refractivity contribution < 1.29 is 0 Å². The molecule has 0 spiro atoms. The normalized spacial score (nSPS) is 13.5. The summed E-state index contributed by atoms with van der Waals surface area (Å²) in [4.78, 5) is 5.05. The van der Waals surface area contributed by atoms with E-state index in [4.69, 9.17) is 10.7 Å². The van der Waals surface area contributed by atoms with Crippen LogP contribution in [0, 0.1) is 17.2 Å². The summed E-state index contributed by atoms with van der Waals surface area (Å²) in [7, 11) is 0. The lowest BCUT2D eigenvalue weighted by atomic mass is 9.92. The van der Waals surface area contributed by atoms with E-state index in [1.807, 2.05) is 18.2 Å². The van der Waals surface area contributed by atoms with Crippen molar-refractivity contribution >= 4 is 5.71 Å². The van der Waals surface area contributed by atoms with Crippen LogP contribution in [-0.2, 0) is 12.8 Å². The molecule has 2 rings (SSSR count). The van der Waals surface area contributed by atoms with Crippen molar-refractivity contribution in [3.05, 3.63) is 107 Å². The highest BCUT2D eigenvalue weighted by Gasteiger charge is 2.10. The van der Waals surface area contributed by atoms with Crippen molar-refractivity contribution in [2.24, 2.45) is 16.6 Å². The van der Waals surface area contributed by atoms with Gasteiger partial charge in [-0.2, -0.15) is 5.26 Å². The van der Waals surface area contributed by atoms with E-state index in [1.165, 1.54) is 24.8 Å². The Morgan fingerprint density at radius 2 is 1.85 bits per heavy atom. The second-order valence-electron chi connectivity index (χ2n) is 10.4. The molecule has 2 N–H and O–H groups in total. The third-order valence-corrected chi connectivity index (χ3v) is 7.17. The molecule has 0 saturated carbocycles. The Balaban J connectivity index is 2.41. The van der Waals surface area contributed by atoms with Gasteiger partial charge < -0.3 is 5.73 Å². The zero-order valence-corrected chi connectivity index (χ0v) is 24.8. The second-order valence-corrected chi connectivity index (χ2v) is 10.4. The van der Waals surface area contributed by atoms with Crippen molar-refractivity contribution in [3.63, 3.8) is 0 Å². The maximum absolute atomic E-state index is 9.57. The number of nitrogens with two attached hydrogens (primary N) is 1. The van der Waals surface area contributed by atoms with E-state index in [0.717, 1.165) is 58.5 Å². The van der Waals surface area contributed by atoms with Gasteiger partial charge in [-0.15, -0.1) is 0 Å². The molecular weight excluding hydrogens is 474 g/mol. The first kappa shape index (κ1) is 31.7. The first-order chi connectivity index (χ1) is 18.8. The van der Waals surface area contributed by atoms with Crippen molar-refractivity contribution in [3.8, 4) is 17.2 Å². The average molecular weight is 522 g/mol. The number of unbranched alkanes of at least 4 members (excludes halogenated alkanes) is 3. The van der Waals surface area contributed by atoms with Gasteiger partial charge in [0.1, 0.15) is 0 Å². The van der Waals surface area contributed by atoms with Crippen LogP contribution in [0.4, 0.5) is 0 Å². The topological polar surface area (TPSA) is 62.2 Å². The number of hydrogen-bond donors (Lipinski definition) is 1. The minimum absolute atomic E-state index is 0.417. The molecule has 0 radical (unpaired) electrons. The Hall–Kier alpha value is -3.48. The van der Waals surface area contributed by atoms with Crippen molar-refractivity contribution in [2.45, 2.75) is 79.6 Å². The lowest BCUT2D eigenvalue weighted by molar-refractivity contribution is 0.729. The zero-order valence-electron chi connectivity index (χ0n) is 24.8. The molecule has 3 heteroatoms. The SMILES string of the molecule is C=C(/C=C(\N=C(\C)C(C)CC)C(/C)=C/C=C\CCCCC)Cc1cc(C#N)ccc1-c1ccc(CCN)cc1. The number of allylic oxidation sites excluding steroid dienone is 6. The standard InChI is InChI=1S/C36H47N3/c1-7-9-10-11-12-13-14-29(5)36(39-30(6)28(4)8-2)24-27(3)23-34-25-32(26-38)17-20-35(34)33-18-15-31(16-19-33)21-22-37/h12-20,24-25,28H,3,7-11,21-23,37H2,1-2,4-6H3/b13-12-,29-14+,36-24-,39-30-. The zero-order chi connectivity index (χ0) is 28.6. The van der Waals surface area contributed by atoms with E-state index in [1.54, 1.807) is 0 Å². The molecule has 2 aromatic rings. The quantitative estimate of drug-likeness (QED) is 0.144.